The Balaban J connectivity index is 2.02. The largest absolute Gasteiger partial charge is 0.364 e. The van der Waals surface area contributed by atoms with E-state index in [0.717, 1.165) is 5.69 Å². The summed E-state index contributed by atoms with van der Waals surface area (Å²) in [5, 5.41) is 5.99. The van der Waals surface area contributed by atoms with Crippen LogP contribution in [0.1, 0.15) is 37.0 Å². The fraction of sp³-hybridized carbons (Fsp3) is 0.333. The first-order valence-corrected chi connectivity index (χ1v) is 6.72. The minimum atomic E-state index is -0.302. The summed E-state index contributed by atoms with van der Waals surface area (Å²) in [6, 6.07) is 7.33. The van der Waals surface area contributed by atoms with Gasteiger partial charge in [-0.1, -0.05) is 6.07 Å². The van der Waals surface area contributed by atoms with Crippen LogP contribution in [0.15, 0.2) is 36.8 Å². The molecule has 0 spiro atoms. The molecule has 0 saturated heterocycles. The Labute approximate surface area is 124 Å². The van der Waals surface area contributed by atoms with Crippen molar-refractivity contribution < 1.29 is 4.79 Å². The molecule has 0 aliphatic heterocycles. The van der Waals surface area contributed by atoms with Crippen LogP contribution in [0.4, 0.5) is 5.82 Å². The maximum atomic E-state index is 12.0. The Morgan fingerprint density at radius 2 is 2.00 bits per heavy atom. The molecule has 0 unspecified atom stereocenters. The Bertz CT molecular complexity index is 607. The van der Waals surface area contributed by atoms with Gasteiger partial charge in [-0.15, -0.1) is 0 Å². The first-order valence-electron chi connectivity index (χ1n) is 6.72. The van der Waals surface area contributed by atoms with Crippen molar-refractivity contribution in [1.82, 2.24) is 20.3 Å². The second kappa shape index (κ2) is 6.30. The molecule has 2 rings (SSSR count). The average molecular weight is 285 g/mol. The van der Waals surface area contributed by atoms with Gasteiger partial charge in [0.05, 0.1) is 12.2 Å². The zero-order chi connectivity index (χ0) is 15.3. The molecule has 1 amide bonds. The van der Waals surface area contributed by atoms with Crippen molar-refractivity contribution in [3.8, 4) is 0 Å². The molecule has 0 bridgehead atoms. The van der Waals surface area contributed by atoms with E-state index in [1.807, 2.05) is 39.0 Å². The van der Waals surface area contributed by atoms with Crippen LogP contribution < -0.4 is 10.6 Å². The molecule has 0 saturated carbocycles. The van der Waals surface area contributed by atoms with Crippen LogP contribution in [0.5, 0.6) is 0 Å². The van der Waals surface area contributed by atoms with E-state index in [0.29, 0.717) is 18.1 Å². The molecule has 0 fully saturated rings. The summed E-state index contributed by atoms with van der Waals surface area (Å²) in [6.07, 6.45) is 3.11. The molecule has 0 aromatic carbocycles. The molecule has 6 heteroatoms. The number of rotatable bonds is 4. The quantitative estimate of drug-likeness (QED) is 0.898. The second-order valence-corrected chi connectivity index (χ2v) is 5.67. The van der Waals surface area contributed by atoms with Gasteiger partial charge in [0.15, 0.2) is 0 Å². The van der Waals surface area contributed by atoms with Crippen molar-refractivity contribution in [2.75, 3.05) is 5.32 Å². The predicted octanol–water partition coefficient (Wildman–Crippen LogP) is 2.01. The van der Waals surface area contributed by atoms with Gasteiger partial charge in [0, 0.05) is 17.8 Å². The van der Waals surface area contributed by atoms with Gasteiger partial charge in [-0.05, 0) is 32.9 Å². The summed E-state index contributed by atoms with van der Waals surface area (Å²) < 4.78 is 0. The monoisotopic (exact) mass is 285 g/mol. The van der Waals surface area contributed by atoms with Crippen molar-refractivity contribution in [2.24, 2.45) is 0 Å². The molecule has 0 atom stereocenters. The summed E-state index contributed by atoms with van der Waals surface area (Å²) in [7, 11) is 0. The van der Waals surface area contributed by atoms with Gasteiger partial charge in [-0.2, -0.15) is 0 Å². The van der Waals surface area contributed by atoms with Crippen molar-refractivity contribution >= 4 is 11.7 Å². The third kappa shape index (κ3) is 4.83. The van der Waals surface area contributed by atoms with Crippen molar-refractivity contribution in [2.45, 2.75) is 32.9 Å². The molecule has 2 heterocycles. The van der Waals surface area contributed by atoms with E-state index in [1.54, 1.807) is 12.3 Å². The topological polar surface area (TPSA) is 79.8 Å². The second-order valence-electron chi connectivity index (χ2n) is 5.67. The predicted molar refractivity (Wildman–Crippen MR) is 80.8 cm³/mol. The average Bonchev–Trinajstić information content (AvgIpc) is 2.45. The highest BCUT2D eigenvalue weighted by atomic mass is 16.2. The smallest absolute Gasteiger partial charge is 0.270 e. The van der Waals surface area contributed by atoms with Crippen molar-refractivity contribution in [3.63, 3.8) is 0 Å². The van der Waals surface area contributed by atoms with Gasteiger partial charge in [-0.25, -0.2) is 9.97 Å². The molecule has 2 aromatic rings. The first-order chi connectivity index (χ1) is 9.94. The maximum Gasteiger partial charge on any atom is 0.270 e. The summed E-state index contributed by atoms with van der Waals surface area (Å²) in [5.41, 5.74) is 0.934. The van der Waals surface area contributed by atoms with Gasteiger partial charge >= 0.3 is 0 Å². The Morgan fingerprint density at radius 3 is 2.67 bits per heavy atom. The minimum Gasteiger partial charge on any atom is -0.364 e. The van der Waals surface area contributed by atoms with Crippen LogP contribution in [0.3, 0.4) is 0 Å². The first kappa shape index (κ1) is 14.9. The lowest BCUT2D eigenvalue weighted by molar-refractivity contribution is 0.0914. The number of hydrogen-bond donors (Lipinski definition) is 2. The molecular weight excluding hydrogens is 266 g/mol. The van der Waals surface area contributed by atoms with Gasteiger partial charge in [0.25, 0.3) is 5.91 Å². The van der Waals surface area contributed by atoms with E-state index in [-0.39, 0.29) is 11.4 Å². The molecule has 110 valence electrons. The highest BCUT2D eigenvalue weighted by molar-refractivity contribution is 5.93. The molecular formula is C15H19N5O. The van der Waals surface area contributed by atoms with Crippen LogP contribution >= 0.6 is 0 Å². The highest BCUT2D eigenvalue weighted by Crippen LogP contribution is 2.08. The number of pyridine rings is 1. The number of nitrogens with one attached hydrogen (secondary N) is 2. The van der Waals surface area contributed by atoms with Crippen LogP contribution in [0.25, 0.3) is 0 Å². The molecule has 21 heavy (non-hydrogen) atoms. The number of carbonyl (C=O) groups is 1. The Kier molecular flexibility index (Phi) is 4.47. The zero-order valence-electron chi connectivity index (χ0n) is 12.4. The molecule has 6 nitrogen and oxygen atoms in total. The normalized spacial score (nSPS) is 11.0. The third-order valence-electron chi connectivity index (χ3n) is 2.57. The number of carbonyl (C=O) groups excluding carboxylic acids is 1. The van der Waals surface area contributed by atoms with E-state index in [4.69, 9.17) is 0 Å². The number of amides is 1. The summed E-state index contributed by atoms with van der Waals surface area (Å²) in [4.78, 5) is 24.4. The highest BCUT2D eigenvalue weighted by Gasteiger charge is 2.16. The molecule has 2 N–H and O–H groups in total. The standard InChI is InChI=1S/C15H19N5O/c1-15(2,3)20-14(21)12-8-13(19-10-18-12)17-9-11-6-4-5-7-16-11/h4-8,10H,9H2,1-3H3,(H,20,21)(H,17,18,19). The Hall–Kier alpha value is -2.50. The van der Waals surface area contributed by atoms with Gasteiger partial charge in [0.2, 0.25) is 0 Å². The van der Waals surface area contributed by atoms with Crippen molar-refractivity contribution in [1.29, 1.82) is 0 Å². The van der Waals surface area contributed by atoms with E-state index >= 15 is 0 Å². The number of anilines is 1. The third-order valence-corrected chi connectivity index (χ3v) is 2.57. The van der Waals surface area contributed by atoms with Gasteiger partial charge < -0.3 is 10.6 Å². The van der Waals surface area contributed by atoms with Crippen LogP contribution in [0, 0.1) is 0 Å². The van der Waals surface area contributed by atoms with Gasteiger partial charge in [0.1, 0.15) is 17.8 Å². The molecule has 0 radical (unpaired) electrons. The minimum absolute atomic E-state index is 0.217. The number of aromatic nitrogens is 3. The zero-order valence-corrected chi connectivity index (χ0v) is 12.4. The molecule has 0 aliphatic carbocycles. The van der Waals surface area contributed by atoms with E-state index in [9.17, 15) is 4.79 Å². The fourth-order valence-electron chi connectivity index (χ4n) is 1.67. The van der Waals surface area contributed by atoms with Gasteiger partial charge in [-0.3, -0.25) is 9.78 Å². The summed E-state index contributed by atoms with van der Waals surface area (Å²) >= 11 is 0. The lowest BCUT2D eigenvalue weighted by Crippen LogP contribution is -2.40. The maximum absolute atomic E-state index is 12.0. The fourth-order valence-corrected chi connectivity index (χ4v) is 1.67. The van der Waals surface area contributed by atoms with Crippen LogP contribution in [0.2, 0.25) is 0 Å². The lowest BCUT2D eigenvalue weighted by atomic mass is 10.1. The van der Waals surface area contributed by atoms with E-state index < -0.39 is 0 Å². The van der Waals surface area contributed by atoms with Crippen LogP contribution in [-0.2, 0) is 6.54 Å². The number of nitrogens with zero attached hydrogens (tertiary/aromatic N) is 3. The SMILES string of the molecule is CC(C)(C)NC(=O)c1cc(NCc2ccccn2)ncn1. The Morgan fingerprint density at radius 1 is 1.19 bits per heavy atom. The van der Waals surface area contributed by atoms with E-state index in [1.165, 1.54) is 6.33 Å². The summed E-state index contributed by atoms with van der Waals surface area (Å²) in [5.74, 6) is 0.375. The van der Waals surface area contributed by atoms with Crippen molar-refractivity contribution in [3.05, 3.63) is 48.2 Å². The molecule has 0 aliphatic rings. The summed E-state index contributed by atoms with van der Waals surface area (Å²) in [6.45, 7) is 6.31. The number of hydrogen-bond acceptors (Lipinski definition) is 5. The lowest BCUT2D eigenvalue weighted by Gasteiger charge is -2.20. The van der Waals surface area contributed by atoms with Crippen LogP contribution in [-0.4, -0.2) is 26.4 Å². The molecule has 2 aromatic heterocycles. The van der Waals surface area contributed by atoms with E-state index in [2.05, 4.69) is 25.6 Å².